The number of hydrogen-bond donors (Lipinski definition) is 2. The van der Waals surface area contributed by atoms with Gasteiger partial charge in [-0.1, -0.05) is 51.9 Å². The van der Waals surface area contributed by atoms with E-state index in [1.165, 1.54) is 52.1 Å². The van der Waals surface area contributed by atoms with E-state index in [1.54, 1.807) is 6.07 Å². The molecule has 1 heterocycles. The molecule has 21 heavy (non-hydrogen) atoms. The average molecular weight is 296 g/mol. The minimum absolute atomic E-state index is 0.0241. The van der Waals surface area contributed by atoms with Crippen LogP contribution in [-0.2, 0) is 0 Å². The zero-order valence-electron chi connectivity index (χ0n) is 13.2. The van der Waals surface area contributed by atoms with Crippen molar-refractivity contribution >= 4 is 5.95 Å². The van der Waals surface area contributed by atoms with E-state index >= 15 is 0 Å². The minimum atomic E-state index is -0.0241. The molecule has 0 fully saturated rings. The third kappa shape index (κ3) is 6.51. The van der Waals surface area contributed by atoms with Crippen LogP contribution in [0.25, 0.3) is 0 Å². The van der Waals surface area contributed by atoms with Gasteiger partial charge in [-0.3, -0.25) is 4.99 Å². The molecule has 0 atom stereocenters. The molecule has 0 unspecified atom stereocenters. The van der Waals surface area contributed by atoms with E-state index in [1.807, 2.05) is 0 Å². The van der Waals surface area contributed by atoms with Crippen LogP contribution in [-0.4, -0.2) is 28.6 Å². The molecule has 0 aliphatic carbocycles. The van der Waals surface area contributed by atoms with Gasteiger partial charge in [0.25, 0.3) is 0 Å². The van der Waals surface area contributed by atoms with Crippen molar-refractivity contribution in [1.82, 2.24) is 9.71 Å². The third-order valence-electron chi connectivity index (χ3n) is 3.41. The zero-order valence-corrected chi connectivity index (χ0v) is 13.2. The predicted molar refractivity (Wildman–Crippen MR) is 83.4 cm³/mol. The molecule has 3 N–H and O–H groups in total. The fraction of sp³-hybridized carbons (Fsp3) is 0.733. The topological polar surface area (TPSA) is 85.7 Å². The molecule has 1 aromatic heterocycles. The molecular weight excluding hydrogens is 268 g/mol. The molecule has 0 radical (unpaired) electrons. The summed E-state index contributed by atoms with van der Waals surface area (Å²) in [6.45, 7) is 2.90. The first-order valence-corrected chi connectivity index (χ1v) is 7.82. The summed E-state index contributed by atoms with van der Waals surface area (Å²) < 4.78 is 5.79. The molecule has 0 aromatic carbocycles. The lowest BCUT2D eigenvalue weighted by Gasteiger charge is -2.05. The molecule has 120 valence electrons. The number of methoxy groups -OCH3 is 1. The Labute approximate surface area is 126 Å². The number of aromatic nitrogens is 2. The van der Waals surface area contributed by atoms with E-state index < -0.39 is 0 Å². The van der Waals surface area contributed by atoms with Crippen LogP contribution >= 0.6 is 0 Å². The molecule has 0 bridgehead atoms. The lowest BCUT2D eigenvalue weighted by molar-refractivity contribution is 0.173. The Morgan fingerprint density at radius 2 is 1.81 bits per heavy atom. The van der Waals surface area contributed by atoms with Crippen LogP contribution in [0.1, 0.15) is 58.3 Å². The smallest absolute Gasteiger partial charge is 0.239 e. The zero-order chi connectivity index (χ0) is 15.5. The largest absolute Gasteiger partial charge is 0.481 e. The van der Waals surface area contributed by atoms with Crippen molar-refractivity contribution in [3.63, 3.8) is 0 Å². The molecule has 0 aliphatic heterocycles. The summed E-state index contributed by atoms with van der Waals surface area (Å²) in [5.41, 5.74) is 5.95. The summed E-state index contributed by atoms with van der Waals surface area (Å²) >= 11 is 0. The minimum Gasteiger partial charge on any atom is -0.481 e. The second kappa shape index (κ2) is 10.1. The van der Waals surface area contributed by atoms with Crippen molar-refractivity contribution in [2.75, 3.05) is 19.4 Å². The van der Waals surface area contributed by atoms with Gasteiger partial charge in [-0.05, 0) is 6.42 Å². The van der Waals surface area contributed by atoms with Gasteiger partial charge < -0.3 is 15.7 Å². The van der Waals surface area contributed by atoms with E-state index in [-0.39, 0.29) is 5.95 Å². The van der Waals surface area contributed by atoms with Gasteiger partial charge in [-0.2, -0.15) is 4.98 Å². The summed E-state index contributed by atoms with van der Waals surface area (Å²) in [7, 11) is 1.51. The molecule has 1 aromatic rings. The van der Waals surface area contributed by atoms with Crippen molar-refractivity contribution in [2.24, 2.45) is 4.99 Å². The monoisotopic (exact) mass is 296 g/mol. The van der Waals surface area contributed by atoms with Crippen LogP contribution in [0.4, 0.5) is 5.95 Å². The van der Waals surface area contributed by atoms with Crippen molar-refractivity contribution in [1.29, 1.82) is 0 Å². The van der Waals surface area contributed by atoms with E-state index in [4.69, 9.17) is 10.5 Å². The Balaban J connectivity index is 2.32. The fourth-order valence-corrected chi connectivity index (χ4v) is 2.14. The van der Waals surface area contributed by atoms with Gasteiger partial charge in [0.15, 0.2) is 5.49 Å². The number of unbranched alkanes of at least 4 members (excludes halogenated alkanes) is 7. The third-order valence-corrected chi connectivity index (χ3v) is 3.41. The highest BCUT2D eigenvalue weighted by molar-refractivity contribution is 5.21. The first kappa shape index (κ1) is 17.3. The Morgan fingerprint density at radius 3 is 2.43 bits per heavy atom. The maximum Gasteiger partial charge on any atom is 0.239 e. The van der Waals surface area contributed by atoms with Crippen LogP contribution in [0.5, 0.6) is 5.88 Å². The van der Waals surface area contributed by atoms with Gasteiger partial charge in [0.05, 0.1) is 7.11 Å². The van der Waals surface area contributed by atoms with Crippen molar-refractivity contribution < 1.29 is 9.94 Å². The number of rotatable bonds is 10. The number of hydrogen-bond acceptors (Lipinski definition) is 5. The van der Waals surface area contributed by atoms with Crippen LogP contribution in [0.2, 0.25) is 0 Å². The average Bonchev–Trinajstić information content (AvgIpc) is 2.49. The van der Waals surface area contributed by atoms with Crippen LogP contribution in [0, 0.1) is 0 Å². The van der Waals surface area contributed by atoms with Crippen LogP contribution in [0.3, 0.4) is 0 Å². The van der Waals surface area contributed by atoms with Crippen LogP contribution in [0.15, 0.2) is 11.1 Å². The first-order valence-electron chi connectivity index (χ1n) is 7.82. The summed E-state index contributed by atoms with van der Waals surface area (Å²) in [5.74, 6) is 0.330. The Kier molecular flexibility index (Phi) is 8.31. The normalized spacial score (nSPS) is 11.8. The van der Waals surface area contributed by atoms with Crippen LogP contribution < -0.4 is 16.0 Å². The first-order chi connectivity index (χ1) is 10.2. The van der Waals surface area contributed by atoms with Crippen molar-refractivity contribution in [2.45, 2.75) is 58.3 Å². The molecule has 1 rings (SSSR count). The molecular formula is C15H28N4O2. The summed E-state index contributed by atoms with van der Waals surface area (Å²) in [6, 6.07) is 1.57. The van der Waals surface area contributed by atoms with Gasteiger partial charge in [0.2, 0.25) is 11.8 Å². The van der Waals surface area contributed by atoms with E-state index in [2.05, 4.69) is 16.9 Å². The number of anilines is 1. The molecule has 0 aliphatic rings. The lowest BCUT2D eigenvalue weighted by Crippen LogP contribution is -2.23. The number of nitrogens with zero attached hydrogens (tertiary/aromatic N) is 3. The highest BCUT2D eigenvalue weighted by atomic mass is 16.5. The van der Waals surface area contributed by atoms with Gasteiger partial charge >= 0.3 is 0 Å². The van der Waals surface area contributed by atoms with Gasteiger partial charge in [-0.15, -0.1) is 4.73 Å². The molecule has 6 heteroatoms. The standard InChI is InChI=1S/C15H28N4O2/c1-3-4-5-6-7-8-9-10-11-17-13-12-14(21-2)18-15(16)19(13)20/h12,20H,3-11H2,1-2H3,(H2,16,18). The van der Waals surface area contributed by atoms with Gasteiger partial charge in [-0.25, -0.2) is 0 Å². The Bertz CT molecular complexity index is 471. The summed E-state index contributed by atoms with van der Waals surface area (Å²) in [5, 5.41) is 9.72. The second-order valence-corrected chi connectivity index (χ2v) is 5.18. The maximum absolute atomic E-state index is 9.72. The van der Waals surface area contributed by atoms with Gasteiger partial charge in [0.1, 0.15) is 0 Å². The maximum atomic E-state index is 9.72. The van der Waals surface area contributed by atoms with Crippen molar-refractivity contribution in [3.8, 4) is 5.88 Å². The molecule has 0 amide bonds. The Hall–Kier alpha value is -1.72. The quantitative estimate of drug-likeness (QED) is 0.513. The molecule has 0 saturated carbocycles. The summed E-state index contributed by atoms with van der Waals surface area (Å²) in [6.07, 6.45) is 10.0. The lowest BCUT2D eigenvalue weighted by atomic mass is 10.1. The fourth-order valence-electron chi connectivity index (χ4n) is 2.14. The Morgan fingerprint density at radius 1 is 1.19 bits per heavy atom. The second-order valence-electron chi connectivity index (χ2n) is 5.18. The molecule has 0 saturated heterocycles. The van der Waals surface area contributed by atoms with Crippen molar-refractivity contribution in [3.05, 3.63) is 11.6 Å². The summed E-state index contributed by atoms with van der Waals surface area (Å²) in [4.78, 5) is 8.19. The molecule has 0 spiro atoms. The van der Waals surface area contributed by atoms with E-state index in [9.17, 15) is 5.21 Å². The number of ether oxygens (including phenoxy) is 1. The number of nitrogens with two attached hydrogens (primary N) is 1. The number of nitrogen functional groups attached to an aromatic ring is 1. The predicted octanol–water partition coefficient (Wildman–Crippen LogP) is 2.75. The SMILES string of the molecule is CCCCCCCCCCN=c1cc(OC)nc(N)n1O. The van der Waals surface area contributed by atoms with E-state index in [0.717, 1.165) is 11.2 Å². The van der Waals surface area contributed by atoms with Gasteiger partial charge in [0, 0.05) is 12.6 Å². The highest BCUT2D eigenvalue weighted by Gasteiger charge is 2.02. The highest BCUT2D eigenvalue weighted by Crippen LogP contribution is 2.08. The van der Waals surface area contributed by atoms with E-state index in [0.29, 0.717) is 17.9 Å². The molecule has 6 nitrogen and oxygen atoms in total.